The first-order valence-electron chi connectivity index (χ1n) is 7.65. The topological polar surface area (TPSA) is 58.4 Å². The van der Waals surface area contributed by atoms with E-state index >= 15 is 0 Å². The molecule has 1 aromatic rings. The molecule has 6 heteroatoms. The number of nitrogens with zero attached hydrogens (tertiary/aromatic N) is 4. The second-order valence-electron chi connectivity index (χ2n) is 5.51. The quantitative estimate of drug-likeness (QED) is 0.794. The molecule has 0 aromatic carbocycles. The van der Waals surface area contributed by atoms with Gasteiger partial charge in [-0.05, 0) is 25.3 Å². The van der Waals surface area contributed by atoms with Crippen LogP contribution in [-0.4, -0.2) is 58.1 Å². The van der Waals surface area contributed by atoms with E-state index in [4.69, 9.17) is 0 Å². The van der Waals surface area contributed by atoms with Gasteiger partial charge < -0.3 is 9.80 Å². The van der Waals surface area contributed by atoms with Crippen molar-refractivity contribution < 1.29 is 9.59 Å². The van der Waals surface area contributed by atoms with E-state index in [0.29, 0.717) is 25.9 Å². The van der Waals surface area contributed by atoms with E-state index in [1.165, 1.54) is 0 Å². The molecular formula is C15H24N4O2. The Morgan fingerprint density at radius 1 is 1.48 bits per heavy atom. The third-order valence-corrected chi connectivity index (χ3v) is 4.02. The van der Waals surface area contributed by atoms with Gasteiger partial charge in [-0.15, -0.1) is 0 Å². The highest BCUT2D eigenvalue weighted by Gasteiger charge is 2.24. The van der Waals surface area contributed by atoms with Crippen LogP contribution in [0.1, 0.15) is 38.6 Å². The molecule has 1 atom stereocenters. The first kappa shape index (κ1) is 15.5. The number of likely N-dealkylation sites (N-methyl/N-ethyl adjacent to an activating group) is 1. The van der Waals surface area contributed by atoms with Crippen LogP contribution < -0.4 is 0 Å². The summed E-state index contributed by atoms with van der Waals surface area (Å²) in [4.78, 5) is 27.8. The van der Waals surface area contributed by atoms with Gasteiger partial charge in [-0.1, -0.05) is 6.92 Å². The maximum absolute atomic E-state index is 12.5. The lowest BCUT2D eigenvalue weighted by atomic mass is 10.1. The van der Waals surface area contributed by atoms with Crippen LogP contribution in [0, 0.1) is 0 Å². The molecule has 0 radical (unpaired) electrons. The molecule has 0 bridgehead atoms. The molecular weight excluding hydrogens is 268 g/mol. The van der Waals surface area contributed by atoms with Crippen LogP contribution >= 0.6 is 0 Å². The van der Waals surface area contributed by atoms with Gasteiger partial charge in [-0.25, -0.2) is 0 Å². The Labute approximate surface area is 125 Å². The number of amides is 2. The van der Waals surface area contributed by atoms with Crippen LogP contribution in [-0.2, 0) is 9.59 Å². The number of aromatic nitrogens is 2. The Bertz CT molecular complexity index is 472. The molecule has 0 spiro atoms. The van der Waals surface area contributed by atoms with Gasteiger partial charge in [0.1, 0.15) is 6.04 Å². The van der Waals surface area contributed by atoms with Gasteiger partial charge in [0, 0.05) is 45.5 Å². The summed E-state index contributed by atoms with van der Waals surface area (Å²) < 4.78 is 1.70. The molecule has 2 amide bonds. The average molecular weight is 292 g/mol. The minimum Gasteiger partial charge on any atom is -0.342 e. The first-order valence-corrected chi connectivity index (χ1v) is 7.65. The number of hydrogen-bond donors (Lipinski definition) is 0. The summed E-state index contributed by atoms with van der Waals surface area (Å²) in [7, 11) is 1.79. The average Bonchev–Trinajstić information content (AvgIpc) is 3.01. The monoisotopic (exact) mass is 292 g/mol. The number of carbonyl (C=O) groups is 2. The number of rotatable bonds is 6. The van der Waals surface area contributed by atoms with Crippen LogP contribution in [0.25, 0.3) is 0 Å². The van der Waals surface area contributed by atoms with Crippen molar-refractivity contribution in [2.75, 3.05) is 26.7 Å². The molecule has 2 heterocycles. The number of hydrogen-bond acceptors (Lipinski definition) is 3. The summed E-state index contributed by atoms with van der Waals surface area (Å²) in [5, 5.41) is 4.16. The van der Waals surface area contributed by atoms with Crippen LogP contribution in [0.5, 0.6) is 0 Å². The molecule has 1 aliphatic heterocycles. The lowest BCUT2D eigenvalue weighted by Crippen LogP contribution is -2.43. The minimum absolute atomic E-state index is 0.0469. The highest BCUT2D eigenvalue weighted by atomic mass is 16.2. The fraction of sp³-hybridized carbons (Fsp3) is 0.667. The van der Waals surface area contributed by atoms with E-state index in [-0.39, 0.29) is 17.9 Å². The van der Waals surface area contributed by atoms with Gasteiger partial charge in [0.15, 0.2) is 0 Å². The standard InChI is InChI=1S/C15H24N4O2/c1-3-13(19-10-6-8-16-19)15(21)17(2)11-12-18-9-5-4-7-14(18)20/h6,8,10,13H,3-5,7,9,11-12H2,1-2H3/t13-/m0/s1. The van der Waals surface area contributed by atoms with Gasteiger partial charge >= 0.3 is 0 Å². The molecule has 1 fully saturated rings. The van der Waals surface area contributed by atoms with Crippen molar-refractivity contribution in [2.24, 2.45) is 0 Å². The lowest BCUT2D eigenvalue weighted by Gasteiger charge is -2.30. The Hall–Kier alpha value is -1.85. The van der Waals surface area contributed by atoms with Crippen molar-refractivity contribution in [3.05, 3.63) is 18.5 Å². The van der Waals surface area contributed by atoms with Crippen LogP contribution in [0.4, 0.5) is 0 Å². The molecule has 0 N–H and O–H groups in total. The predicted octanol–water partition coefficient (Wildman–Crippen LogP) is 1.31. The molecule has 0 unspecified atom stereocenters. The zero-order chi connectivity index (χ0) is 15.2. The maximum Gasteiger partial charge on any atom is 0.247 e. The SMILES string of the molecule is CC[C@@H](C(=O)N(C)CCN1CCCCC1=O)n1cccn1. The van der Waals surface area contributed by atoms with E-state index in [0.717, 1.165) is 19.4 Å². The fourth-order valence-corrected chi connectivity index (χ4v) is 2.67. The van der Waals surface area contributed by atoms with Gasteiger partial charge in [-0.3, -0.25) is 14.3 Å². The van der Waals surface area contributed by atoms with Crippen molar-refractivity contribution in [3.63, 3.8) is 0 Å². The van der Waals surface area contributed by atoms with Crippen molar-refractivity contribution in [2.45, 2.75) is 38.6 Å². The van der Waals surface area contributed by atoms with Crippen LogP contribution in [0.2, 0.25) is 0 Å². The van der Waals surface area contributed by atoms with E-state index < -0.39 is 0 Å². The maximum atomic E-state index is 12.5. The highest BCUT2D eigenvalue weighted by Crippen LogP contribution is 2.14. The smallest absolute Gasteiger partial charge is 0.247 e. The summed E-state index contributed by atoms with van der Waals surface area (Å²) in [6, 6.07) is 1.56. The normalized spacial score (nSPS) is 16.9. The predicted molar refractivity (Wildman–Crippen MR) is 79.6 cm³/mol. The Morgan fingerprint density at radius 2 is 2.29 bits per heavy atom. The van der Waals surface area contributed by atoms with Crippen molar-refractivity contribution in [1.82, 2.24) is 19.6 Å². The molecule has 0 aliphatic carbocycles. The molecule has 2 rings (SSSR count). The van der Waals surface area contributed by atoms with Crippen molar-refractivity contribution in [1.29, 1.82) is 0 Å². The lowest BCUT2D eigenvalue weighted by molar-refractivity contribution is -0.137. The van der Waals surface area contributed by atoms with Gasteiger partial charge in [0.2, 0.25) is 11.8 Å². The molecule has 6 nitrogen and oxygen atoms in total. The summed E-state index contributed by atoms with van der Waals surface area (Å²) in [6.45, 7) is 3.99. The van der Waals surface area contributed by atoms with Crippen molar-refractivity contribution >= 4 is 11.8 Å². The summed E-state index contributed by atoms with van der Waals surface area (Å²) in [5.74, 6) is 0.256. The van der Waals surface area contributed by atoms with Crippen LogP contribution in [0.3, 0.4) is 0 Å². The third kappa shape index (κ3) is 3.83. The van der Waals surface area contributed by atoms with Crippen molar-refractivity contribution in [3.8, 4) is 0 Å². The van der Waals surface area contributed by atoms with E-state index in [2.05, 4.69) is 5.10 Å². The zero-order valence-electron chi connectivity index (χ0n) is 12.9. The van der Waals surface area contributed by atoms with Gasteiger partial charge in [-0.2, -0.15) is 5.10 Å². The second kappa shape index (κ2) is 7.24. The van der Waals surface area contributed by atoms with E-state index in [9.17, 15) is 9.59 Å². The summed E-state index contributed by atoms with van der Waals surface area (Å²) in [5.41, 5.74) is 0. The summed E-state index contributed by atoms with van der Waals surface area (Å²) in [6.07, 6.45) is 6.89. The molecule has 0 saturated carbocycles. The second-order valence-corrected chi connectivity index (χ2v) is 5.51. The fourth-order valence-electron chi connectivity index (χ4n) is 2.67. The minimum atomic E-state index is -0.262. The van der Waals surface area contributed by atoms with Crippen LogP contribution in [0.15, 0.2) is 18.5 Å². The largest absolute Gasteiger partial charge is 0.342 e. The number of likely N-dealkylation sites (tertiary alicyclic amines) is 1. The zero-order valence-corrected chi connectivity index (χ0v) is 12.9. The molecule has 1 aromatic heterocycles. The van der Waals surface area contributed by atoms with E-state index in [1.807, 2.05) is 24.1 Å². The van der Waals surface area contributed by atoms with Gasteiger partial charge in [0.05, 0.1) is 0 Å². The highest BCUT2D eigenvalue weighted by molar-refractivity contribution is 5.80. The van der Waals surface area contributed by atoms with E-state index in [1.54, 1.807) is 22.8 Å². The summed E-state index contributed by atoms with van der Waals surface area (Å²) >= 11 is 0. The molecule has 21 heavy (non-hydrogen) atoms. The Morgan fingerprint density at radius 3 is 2.90 bits per heavy atom. The first-order chi connectivity index (χ1) is 10.1. The van der Waals surface area contributed by atoms with Gasteiger partial charge in [0.25, 0.3) is 0 Å². The molecule has 1 aliphatic rings. The Kier molecular flexibility index (Phi) is 5.36. The molecule has 1 saturated heterocycles. The third-order valence-electron chi connectivity index (χ3n) is 4.02. The number of piperidine rings is 1. The Balaban J connectivity index is 1.88. The molecule has 116 valence electrons. The number of carbonyl (C=O) groups excluding carboxylic acids is 2.